The molecule has 1 unspecified atom stereocenters. The van der Waals surface area contributed by atoms with Crippen LogP contribution in [0, 0.1) is 17.8 Å². The molecule has 2 aromatic heterocycles. The van der Waals surface area contributed by atoms with Gasteiger partial charge in [-0.05, 0) is 54.0 Å². The van der Waals surface area contributed by atoms with Crippen molar-refractivity contribution in [3.8, 4) is 12.3 Å². The smallest absolute Gasteiger partial charge is 0.258 e. The maximum Gasteiger partial charge on any atom is 0.258 e. The van der Waals surface area contributed by atoms with E-state index in [2.05, 4.69) is 78.3 Å². The summed E-state index contributed by atoms with van der Waals surface area (Å²) in [6.07, 6.45) is 12.4. The van der Waals surface area contributed by atoms with Crippen LogP contribution in [0.1, 0.15) is 58.2 Å². The molecular formula is C33H38ClN7O. The van der Waals surface area contributed by atoms with Gasteiger partial charge in [-0.15, -0.1) is 12.0 Å². The largest absolute Gasteiger partial charge is 0.383 e. The third-order valence-corrected chi connectivity index (χ3v) is 7.93. The molecule has 0 saturated heterocycles. The van der Waals surface area contributed by atoms with Gasteiger partial charge in [0.25, 0.3) is 5.56 Å². The molecule has 0 saturated carbocycles. The Morgan fingerprint density at radius 3 is 2.67 bits per heavy atom. The van der Waals surface area contributed by atoms with Gasteiger partial charge in [-0.25, -0.2) is 0 Å². The number of rotatable bonds is 8. The van der Waals surface area contributed by atoms with Crippen LogP contribution < -0.4 is 27.2 Å². The summed E-state index contributed by atoms with van der Waals surface area (Å²) in [6, 6.07) is 11.7. The predicted octanol–water partition coefficient (Wildman–Crippen LogP) is 6.30. The predicted molar refractivity (Wildman–Crippen MR) is 174 cm³/mol. The highest BCUT2D eigenvalue weighted by Crippen LogP contribution is 2.37. The van der Waals surface area contributed by atoms with Crippen molar-refractivity contribution in [1.29, 1.82) is 0 Å². The second-order valence-corrected chi connectivity index (χ2v) is 12.5. The van der Waals surface area contributed by atoms with Crippen LogP contribution in [0.15, 0.2) is 65.5 Å². The Balaban J connectivity index is 1.66. The fraction of sp³-hybridized carbons (Fsp3) is 0.333. The van der Waals surface area contributed by atoms with Crippen molar-refractivity contribution in [2.45, 2.75) is 53.1 Å². The molecule has 2 atom stereocenters. The Morgan fingerprint density at radius 2 is 1.95 bits per heavy atom. The zero-order chi connectivity index (χ0) is 30.2. The number of fused-ring (bicyclic) bond motifs is 2. The van der Waals surface area contributed by atoms with Crippen LogP contribution in [0.25, 0.3) is 21.7 Å². The quantitative estimate of drug-likeness (QED) is 0.181. The first kappa shape index (κ1) is 29.3. The van der Waals surface area contributed by atoms with E-state index in [0.717, 1.165) is 46.4 Å². The second kappa shape index (κ2) is 11.6. The SMILES string of the molecule is C#Cc1cnc2c(Cl)cc(N[C@H](C3=CN(C(C)CC)NN3)c3cccc4c(=O)n(C)ccc34)cc2c1NCC(C)(C)C. The fourth-order valence-corrected chi connectivity index (χ4v) is 5.33. The average Bonchev–Trinajstić information content (AvgIpc) is 3.45. The van der Waals surface area contributed by atoms with Gasteiger partial charge in [-0.3, -0.25) is 14.8 Å². The lowest BCUT2D eigenvalue weighted by Crippen LogP contribution is -2.42. The van der Waals surface area contributed by atoms with Crippen molar-refractivity contribution >= 4 is 44.7 Å². The maximum atomic E-state index is 13.0. The van der Waals surface area contributed by atoms with Crippen molar-refractivity contribution in [2.24, 2.45) is 12.5 Å². The molecule has 2 aromatic carbocycles. The number of terminal acetylenes is 1. The van der Waals surface area contributed by atoms with Gasteiger partial charge in [-0.1, -0.05) is 57.3 Å². The van der Waals surface area contributed by atoms with E-state index >= 15 is 0 Å². The first-order valence-corrected chi connectivity index (χ1v) is 14.6. The molecule has 5 rings (SSSR count). The van der Waals surface area contributed by atoms with E-state index in [1.165, 1.54) is 0 Å². The lowest BCUT2D eigenvalue weighted by Gasteiger charge is -2.24. The van der Waals surface area contributed by atoms with Crippen molar-refractivity contribution in [3.63, 3.8) is 0 Å². The molecule has 0 aliphatic carbocycles. The van der Waals surface area contributed by atoms with E-state index in [9.17, 15) is 4.79 Å². The molecule has 0 radical (unpaired) electrons. The van der Waals surface area contributed by atoms with E-state index in [0.29, 0.717) is 21.5 Å². The van der Waals surface area contributed by atoms with E-state index in [1.807, 2.05) is 36.4 Å². The first-order valence-electron chi connectivity index (χ1n) is 14.2. The normalized spacial score (nSPS) is 14.8. The van der Waals surface area contributed by atoms with Crippen molar-refractivity contribution in [1.82, 2.24) is 25.5 Å². The third-order valence-electron chi connectivity index (χ3n) is 7.64. The summed E-state index contributed by atoms with van der Waals surface area (Å²) in [5.41, 5.74) is 11.4. The number of pyridine rings is 2. The second-order valence-electron chi connectivity index (χ2n) is 12.1. The highest BCUT2D eigenvalue weighted by Gasteiger charge is 2.26. The summed E-state index contributed by atoms with van der Waals surface area (Å²) in [5.74, 6) is 2.77. The van der Waals surface area contributed by atoms with Gasteiger partial charge in [0, 0.05) is 54.7 Å². The number of aromatic nitrogens is 2. The molecule has 1 aliphatic heterocycles. The lowest BCUT2D eigenvalue weighted by molar-refractivity contribution is 0.203. The van der Waals surface area contributed by atoms with Crippen molar-refractivity contribution < 1.29 is 0 Å². The molecule has 0 amide bonds. The van der Waals surface area contributed by atoms with Crippen LogP contribution in [0.5, 0.6) is 0 Å². The number of nitrogens with zero attached hydrogens (tertiary/aromatic N) is 3. The molecule has 8 nitrogen and oxygen atoms in total. The number of nitrogens with one attached hydrogen (secondary N) is 4. The third kappa shape index (κ3) is 5.76. The molecule has 0 spiro atoms. The summed E-state index contributed by atoms with van der Waals surface area (Å²) in [5, 5.41) is 12.2. The monoisotopic (exact) mass is 583 g/mol. The number of hydrazine groups is 2. The first-order chi connectivity index (χ1) is 20.0. The lowest BCUT2D eigenvalue weighted by atomic mass is 9.96. The number of aryl methyl sites for hydroxylation is 1. The number of halogens is 1. The zero-order valence-electron chi connectivity index (χ0n) is 25.0. The standard InChI is InChI=1S/C33H38ClN7O/c1-8-20(3)41-18-28(38-39-41)31(24-11-10-12-25-23(24)13-14-40(7)32(25)42)37-22-15-26-29(36-19-33(4,5)6)21(9-2)17-35-30(26)27(34)16-22/h2,10-18,20,31,37-39H,8,19H2,1,3-7H3,(H,35,36)/t20?,31-/m0/s1. The van der Waals surface area contributed by atoms with Gasteiger partial charge in [0.1, 0.15) is 0 Å². The van der Waals surface area contributed by atoms with E-state index < -0.39 is 0 Å². The zero-order valence-corrected chi connectivity index (χ0v) is 25.7. The topological polar surface area (TPSA) is 86.2 Å². The van der Waals surface area contributed by atoms with Crippen LogP contribution in [-0.2, 0) is 7.05 Å². The molecule has 1 aliphatic rings. The van der Waals surface area contributed by atoms with Crippen LogP contribution >= 0.6 is 11.6 Å². The molecule has 0 bridgehead atoms. The molecule has 42 heavy (non-hydrogen) atoms. The summed E-state index contributed by atoms with van der Waals surface area (Å²) in [7, 11) is 1.76. The van der Waals surface area contributed by atoms with Gasteiger partial charge < -0.3 is 20.6 Å². The summed E-state index contributed by atoms with van der Waals surface area (Å²) in [4.78, 5) is 17.6. The van der Waals surface area contributed by atoms with E-state index in [4.69, 9.17) is 18.0 Å². The van der Waals surface area contributed by atoms with Crippen LogP contribution in [0.3, 0.4) is 0 Å². The molecular weight excluding hydrogens is 546 g/mol. The average molecular weight is 584 g/mol. The Labute approximate surface area is 252 Å². The summed E-state index contributed by atoms with van der Waals surface area (Å²) in [6.45, 7) is 11.5. The molecule has 0 fully saturated rings. The van der Waals surface area contributed by atoms with Crippen LogP contribution in [0.4, 0.5) is 11.4 Å². The summed E-state index contributed by atoms with van der Waals surface area (Å²) < 4.78 is 1.60. The highest BCUT2D eigenvalue weighted by molar-refractivity contribution is 6.35. The van der Waals surface area contributed by atoms with Gasteiger partial charge in [-0.2, -0.15) is 0 Å². The van der Waals surface area contributed by atoms with Crippen LogP contribution in [0.2, 0.25) is 5.02 Å². The maximum absolute atomic E-state index is 13.0. The number of anilines is 2. The molecule has 3 heterocycles. The molecule has 4 N–H and O–H groups in total. The van der Waals surface area contributed by atoms with Crippen molar-refractivity contribution in [3.05, 3.63) is 87.2 Å². The van der Waals surface area contributed by atoms with Gasteiger partial charge in [0.15, 0.2) is 0 Å². The Kier molecular flexibility index (Phi) is 8.09. The number of benzene rings is 2. The number of hydrogen-bond acceptors (Lipinski definition) is 7. The minimum atomic E-state index is -0.342. The molecule has 4 aromatic rings. The minimum absolute atomic E-state index is 0.0345. The minimum Gasteiger partial charge on any atom is -0.383 e. The molecule has 9 heteroatoms. The Hall–Kier alpha value is -4.19. The Bertz CT molecular complexity index is 1780. The van der Waals surface area contributed by atoms with Gasteiger partial charge in [0.05, 0.1) is 33.5 Å². The van der Waals surface area contributed by atoms with Crippen LogP contribution in [-0.4, -0.2) is 27.1 Å². The van der Waals surface area contributed by atoms with Gasteiger partial charge >= 0.3 is 0 Å². The van der Waals surface area contributed by atoms with Gasteiger partial charge in [0.2, 0.25) is 0 Å². The summed E-state index contributed by atoms with van der Waals surface area (Å²) >= 11 is 6.85. The van der Waals surface area contributed by atoms with E-state index in [-0.39, 0.29) is 23.1 Å². The van der Waals surface area contributed by atoms with Crippen molar-refractivity contribution in [2.75, 3.05) is 17.2 Å². The Morgan fingerprint density at radius 1 is 1.17 bits per heavy atom. The fourth-order valence-electron chi connectivity index (χ4n) is 5.06. The van der Waals surface area contributed by atoms with E-state index in [1.54, 1.807) is 24.0 Å². The number of hydrogen-bond donors (Lipinski definition) is 4. The molecule has 218 valence electrons. The highest BCUT2D eigenvalue weighted by atomic mass is 35.5.